The van der Waals surface area contributed by atoms with Gasteiger partial charge in [0.1, 0.15) is 10.3 Å². The molecule has 0 amide bonds. The lowest BCUT2D eigenvalue weighted by Gasteiger charge is -2.23. The quantitative estimate of drug-likeness (QED) is 0.872. The molecule has 1 atom stereocenters. The van der Waals surface area contributed by atoms with Gasteiger partial charge in [-0.1, -0.05) is 12.1 Å². The number of benzene rings is 1. The molecule has 3 nitrogen and oxygen atoms in total. The Bertz CT molecular complexity index is 547. The van der Waals surface area contributed by atoms with Crippen molar-refractivity contribution in [2.45, 2.75) is 32.1 Å². The summed E-state index contributed by atoms with van der Waals surface area (Å²) < 4.78 is 21.1. The van der Waals surface area contributed by atoms with Gasteiger partial charge in [0.15, 0.2) is 0 Å². The monoisotopic (exact) mass is 329 g/mol. The van der Waals surface area contributed by atoms with E-state index in [1.165, 1.54) is 0 Å². The van der Waals surface area contributed by atoms with Gasteiger partial charge in [0, 0.05) is 22.3 Å². The second-order valence-electron chi connectivity index (χ2n) is 5.08. The fourth-order valence-corrected chi connectivity index (χ4v) is 2.75. The van der Waals surface area contributed by atoms with Crippen molar-refractivity contribution in [1.29, 1.82) is 0 Å². The first kappa shape index (κ1) is 13.9. The molecule has 5 heteroatoms. The zero-order chi connectivity index (χ0) is 13.3. The Morgan fingerprint density at radius 1 is 1.39 bits per heavy atom. The van der Waals surface area contributed by atoms with Gasteiger partial charge in [-0.2, -0.15) is 0 Å². The topological polar surface area (TPSA) is 48.2 Å². The molecule has 2 rings (SSSR count). The third-order valence-corrected chi connectivity index (χ3v) is 4.73. The Balaban J connectivity index is 2.16. The van der Waals surface area contributed by atoms with Gasteiger partial charge in [0.25, 0.3) is 0 Å². The summed E-state index contributed by atoms with van der Waals surface area (Å²) in [6, 6.07) is 5.91. The van der Waals surface area contributed by atoms with E-state index >= 15 is 0 Å². The Hall–Kier alpha value is -0.490. The molecule has 0 aliphatic heterocycles. The molecule has 1 heterocycles. The van der Waals surface area contributed by atoms with Gasteiger partial charge < -0.3 is 8.97 Å². The highest BCUT2D eigenvalue weighted by Gasteiger charge is 2.26. The van der Waals surface area contributed by atoms with Crippen LogP contribution in [0.5, 0.6) is 0 Å². The number of rotatable bonds is 3. The lowest BCUT2D eigenvalue weighted by Crippen LogP contribution is -2.38. The molecular weight excluding hydrogens is 314 g/mol. The second-order valence-corrected chi connectivity index (χ2v) is 7.98. The van der Waals surface area contributed by atoms with Gasteiger partial charge in [-0.25, -0.2) is 0 Å². The fourth-order valence-electron chi connectivity index (χ4n) is 1.57. The Morgan fingerprint density at radius 3 is 2.78 bits per heavy atom. The van der Waals surface area contributed by atoms with E-state index in [4.69, 9.17) is 4.42 Å². The number of hydrogen-bond acceptors (Lipinski definition) is 3. The van der Waals surface area contributed by atoms with Gasteiger partial charge >= 0.3 is 0 Å². The molecule has 0 radical (unpaired) electrons. The molecule has 0 bridgehead atoms. The maximum Gasteiger partial charge on any atom is 0.148 e. The van der Waals surface area contributed by atoms with Crippen molar-refractivity contribution in [3.8, 4) is 0 Å². The highest BCUT2D eigenvalue weighted by atomic mass is 79.9. The number of furan rings is 1. The van der Waals surface area contributed by atoms with Gasteiger partial charge in [-0.05, 0) is 42.8 Å². The Morgan fingerprint density at radius 2 is 2.11 bits per heavy atom. The number of nitrogens with one attached hydrogen (secondary N) is 1. The summed E-state index contributed by atoms with van der Waals surface area (Å²) in [6.45, 7) is 6.37. The van der Waals surface area contributed by atoms with E-state index < -0.39 is 11.4 Å². The van der Waals surface area contributed by atoms with Crippen LogP contribution in [0.1, 0.15) is 26.3 Å². The van der Waals surface area contributed by atoms with E-state index in [-0.39, 0.29) is 4.75 Å². The summed E-state index contributed by atoms with van der Waals surface area (Å²) in [5.74, 6) is 0. The van der Waals surface area contributed by atoms with Crippen molar-refractivity contribution in [2.75, 3.05) is 0 Å². The largest absolute Gasteiger partial charge is 0.598 e. The normalized spacial score (nSPS) is 14.1. The molecule has 0 spiro atoms. The molecule has 0 aliphatic rings. The van der Waals surface area contributed by atoms with Crippen LogP contribution in [-0.4, -0.2) is 9.30 Å². The van der Waals surface area contributed by atoms with Crippen LogP contribution in [0.3, 0.4) is 0 Å². The third kappa shape index (κ3) is 2.91. The SMILES string of the molecule is CC(C)(C)[S@@+]([O-])NCc1coc2c(Br)cccc12. The fraction of sp³-hybridized carbons (Fsp3) is 0.385. The van der Waals surface area contributed by atoms with Crippen molar-refractivity contribution < 1.29 is 8.97 Å². The molecule has 18 heavy (non-hydrogen) atoms. The Labute approximate surface area is 118 Å². The summed E-state index contributed by atoms with van der Waals surface area (Å²) in [5, 5.41) is 1.04. The van der Waals surface area contributed by atoms with Crippen LogP contribution in [0.15, 0.2) is 33.4 Å². The van der Waals surface area contributed by atoms with E-state index in [9.17, 15) is 4.55 Å². The number of para-hydroxylation sites is 1. The third-order valence-electron chi connectivity index (χ3n) is 2.58. The lowest BCUT2D eigenvalue weighted by molar-refractivity contribution is 0.543. The smallest absolute Gasteiger partial charge is 0.148 e. The molecule has 1 aromatic heterocycles. The van der Waals surface area contributed by atoms with Crippen molar-refractivity contribution in [3.63, 3.8) is 0 Å². The van der Waals surface area contributed by atoms with E-state index in [0.717, 1.165) is 21.0 Å². The predicted octanol–water partition coefficient (Wildman–Crippen LogP) is 3.75. The van der Waals surface area contributed by atoms with Crippen LogP contribution < -0.4 is 4.72 Å². The maximum absolute atomic E-state index is 11.9. The van der Waals surface area contributed by atoms with Crippen LogP contribution in [0.4, 0.5) is 0 Å². The molecular formula is C13H16BrNO2S. The van der Waals surface area contributed by atoms with Gasteiger partial charge in [0.2, 0.25) is 0 Å². The van der Waals surface area contributed by atoms with Crippen LogP contribution >= 0.6 is 15.9 Å². The second kappa shape index (κ2) is 5.25. The summed E-state index contributed by atoms with van der Waals surface area (Å²) in [7, 11) is 0. The molecule has 98 valence electrons. The predicted molar refractivity (Wildman–Crippen MR) is 78.6 cm³/mol. The van der Waals surface area contributed by atoms with E-state index in [2.05, 4.69) is 20.7 Å². The highest BCUT2D eigenvalue weighted by molar-refractivity contribution is 9.10. The molecule has 1 aromatic carbocycles. The average Bonchev–Trinajstić information content (AvgIpc) is 2.69. The van der Waals surface area contributed by atoms with Gasteiger partial charge in [-0.3, -0.25) is 0 Å². The molecule has 0 saturated heterocycles. The number of hydrogen-bond donors (Lipinski definition) is 1. The molecule has 0 saturated carbocycles. The number of fused-ring (bicyclic) bond motifs is 1. The summed E-state index contributed by atoms with van der Waals surface area (Å²) in [6.07, 6.45) is 1.71. The van der Waals surface area contributed by atoms with Crippen molar-refractivity contribution in [2.24, 2.45) is 0 Å². The zero-order valence-corrected chi connectivity index (χ0v) is 13.0. The number of halogens is 1. The minimum Gasteiger partial charge on any atom is -0.598 e. The molecule has 2 aromatic rings. The van der Waals surface area contributed by atoms with Crippen LogP contribution in [0.2, 0.25) is 0 Å². The van der Waals surface area contributed by atoms with Crippen LogP contribution in [-0.2, 0) is 17.9 Å². The molecule has 0 fully saturated rings. The molecule has 0 unspecified atom stereocenters. The van der Waals surface area contributed by atoms with Crippen molar-refractivity contribution in [3.05, 3.63) is 34.5 Å². The average molecular weight is 330 g/mol. The summed E-state index contributed by atoms with van der Waals surface area (Å²) in [4.78, 5) is 0. The minimum atomic E-state index is -1.07. The summed E-state index contributed by atoms with van der Waals surface area (Å²) in [5.41, 5.74) is 1.85. The van der Waals surface area contributed by atoms with E-state index in [0.29, 0.717) is 6.54 Å². The zero-order valence-electron chi connectivity index (χ0n) is 10.6. The maximum atomic E-state index is 11.9. The van der Waals surface area contributed by atoms with Crippen molar-refractivity contribution in [1.82, 2.24) is 4.72 Å². The van der Waals surface area contributed by atoms with Crippen LogP contribution in [0.25, 0.3) is 11.0 Å². The van der Waals surface area contributed by atoms with Crippen molar-refractivity contribution >= 4 is 38.3 Å². The van der Waals surface area contributed by atoms with E-state index in [1.54, 1.807) is 6.26 Å². The molecule has 0 aliphatic carbocycles. The van der Waals surface area contributed by atoms with E-state index in [1.807, 2.05) is 39.0 Å². The summed E-state index contributed by atoms with van der Waals surface area (Å²) >= 11 is 2.37. The van der Waals surface area contributed by atoms with Gasteiger partial charge in [-0.15, -0.1) is 4.72 Å². The highest BCUT2D eigenvalue weighted by Crippen LogP contribution is 2.28. The first-order valence-electron chi connectivity index (χ1n) is 5.69. The molecule has 1 N–H and O–H groups in total. The first-order chi connectivity index (χ1) is 8.39. The minimum absolute atomic E-state index is 0.264. The Kier molecular flexibility index (Phi) is 4.06. The van der Waals surface area contributed by atoms with Crippen LogP contribution in [0, 0.1) is 0 Å². The standard InChI is InChI=1S/C13H16BrNO2S/c1-13(2,3)18(16)15-7-9-8-17-12-10(9)5-4-6-11(12)14/h4-6,8,15H,7H2,1-3H3/t18-/m1/s1. The van der Waals surface area contributed by atoms with Gasteiger partial charge in [0.05, 0.1) is 17.3 Å². The lowest BCUT2D eigenvalue weighted by atomic mass is 10.2. The first-order valence-corrected chi connectivity index (χ1v) is 7.64.